The number of aliphatic hydroxyl groups excluding tert-OH is 1. The molecule has 0 radical (unpaired) electrons. The smallest absolute Gasteiger partial charge is 0.157 e. The summed E-state index contributed by atoms with van der Waals surface area (Å²) in [6.45, 7) is 0.833. The van der Waals surface area contributed by atoms with Crippen molar-refractivity contribution in [3.63, 3.8) is 0 Å². The highest BCUT2D eigenvalue weighted by atomic mass is 16.7. The molecule has 3 aliphatic rings. The fraction of sp³-hybridized carbons (Fsp3) is 1.00. The third-order valence-corrected chi connectivity index (χ3v) is 3.91. The zero-order valence-electron chi connectivity index (χ0n) is 9.51. The summed E-state index contributed by atoms with van der Waals surface area (Å²) in [5, 5.41) is 9.35. The molecule has 0 spiro atoms. The first-order valence-electron chi connectivity index (χ1n) is 6.42. The van der Waals surface area contributed by atoms with Crippen LogP contribution in [0.15, 0.2) is 0 Å². The largest absolute Gasteiger partial charge is 0.368 e. The van der Waals surface area contributed by atoms with Gasteiger partial charge in [0.2, 0.25) is 0 Å². The number of hydrogen-bond donors (Lipinski definition) is 1. The average molecular weight is 228 g/mol. The van der Waals surface area contributed by atoms with E-state index in [1.54, 1.807) is 0 Å². The molecule has 5 atom stereocenters. The highest BCUT2D eigenvalue weighted by Crippen LogP contribution is 2.40. The number of fused-ring (bicyclic) bond motifs is 1. The monoisotopic (exact) mass is 228 g/mol. The lowest BCUT2D eigenvalue weighted by Gasteiger charge is -2.26. The van der Waals surface area contributed by atoms with Crippen molar-refractivity contribution in [1.82, 2.24) is 0 Å². The Labute approximate surface area is 95.9 Å². The lowest BCUT2D eigenvalue weighted by molar-refractivity contribution is -0.191. The van der Waals surface area contributed by atoms with Crippen LogP contribution in [0.3, 0.4) is 0 Å². The topological polar surface area (TPSA) is 47.9 Å². The third-order valence-electron chi connectivity index (χ3n) is 3.91. The molecule has 1 saturated carbocycles. The second kappa shape index (κ2) is 4.61. The fourth-order valence-electron chi connectivity index (χ4n) is 3.11. The average Bonchev–Trinajstić information content (AvgIpc) is 2.76. The number of hydrogen-bond acceptors (Lipinski definition) is 4. The zero-order chi connectivity index (χ0) is 11.0. The Hall–Kier alpha value is -0.160. The van der Waals surface area contributed by atoms with E-state index in [0.717, 1.165) is 38.7 Å². The molecule has 4 nitrogen and oxygen atoms in total. The normalized spacial score (nSPS) is 48.2. The SMILES string of the molecule is OC1C[C@H]2C[C@@H](OC3CCCCO3)C[C@H]2O1. The Balaban J connectivity index is 1.47. The van der Waals surface area contributed by atoms with Gasteiger partial charge in [0.15, 0.2) is 12.6 Å². The summed E-state index contributed by atoms with van der Waals surface area (Å²) in [4.78, 5) is 0. The van der Waals surface area contributed by atoms with Crippen molar-refractivity contribution in [2.45, 2.75) is 63.3 Å². The van der Waals surface area contributed by atoms with E-state index in [2.05, 4.69) is 0 Å². The second-order valence-corrected chi connectivity index (χ2v) is 5.15. The molecule has 16 heavy (non-hydrogen) atoms. The molecule has 1 N–H and O–H groups in total. The maximum atomic E-state index is 9.35. The molecule has 4 heteroatoms. The quantitative estimate of drug-likeness (QED) is 0.776. The molecule has 2 saturated heterocycles. The summed E-state index contributed by atoms with van der Waals surface area (Å²) in [6, 6.07) is 0. The number of ether oxygens (including phenoxy) is 3. The highest BCUT2D eigenvalue weighted by Gasteiger charge is 2.43. The van der Waals surface area contributed by atoms with Gasteiger partial charge in [-0.25, -0.2) is 0 Å². The highest BCUT2D eigenvalue weighted by molar-refractivity contribution is 4.90. The van der Waals surface area contributed by atoms with E-state index in [-0.39, 0.29) is 18.5 Å². The van der Waals surface area contributed by atoms with Gasteiger partial charge in [0.1, 0.15) is 0 Å². The molecule has 2 unspecified atom stereocenters. The van der Waals surface area contributed by atoms with Gasteiger partial charge in [0.25, 0.3) is 0 Å². The van der Waals surface area contributed by atoms with Gasteiger partial charge in [-0.15, -0.1) is 0 Å². The van der Waals surface area contributed by atoms with Crippen LogP contribution in [0.1, 0.15) is 38.5 Å². The third kappa shape index (κ3) is 2.25. The van der Waals surface area contributed by atoms with Crippen LogP contribution < -0.4 is 0 Å². The van der Waals surface area contributed by atoms with E-state index in [1.807, 2.05) is 0 Å². The first-order valence-corrected chi connectivity index (χ1v) is 6.42. The van der Waals surface area contributed by atoms with Crippen LogP contribution in [0.25, 0.3) is 0 Å². The Kier molecular flexibility index (Phi) is 3.16. The second-order valence-electron chi connectivity index (χ2n) is 5.15. The summed E-state index contributed by atoms with van der Waals surface area (Å²) >= 11 is 0. The van der Waals surface area contributed by atoms with Crippen LogP contribution in [0.2, 0.25) is 0 Å². The van der Waals surface area contributed by atoms with E-state index in [4.69, 9.17) is 14.2 Å². The van der Waals surface area contributed by atoms with Gasteiger partial charge < -0.3 is 19.3 Å². The standard InChI is InChI=1S/C12H20O4/c13-11-6-8-5-9(7-10(8)16-11)15-12-3-1-2-4-14-12/h8-13H,1-7H2/t8-,9-,10-,11?,12?/m1/s1. The summed E-state index contributed by atoms with van der Waals surface area (Å²) < 4.78 is 17.0. The minimum Gasteiger partial charge on any atom is -0.368 e. The lowest BCUT2D eigenvalue weighted by atomic mass is 10.0. The number of aliphatic hydroxyl groups is 1. The first-order chi connectivity index (χ1) is 7.81. The van der Waals surface area contributed by atoms with E-state index >= 15 is 0 Å². The van der Waals surface area contributed by atoms with Gasteiger partial charge in [-0.05, 0) is 31.6 Å². The minimum absolute atomic E-state index is 0.00231. The van der Waals surface area contributed by atoms with Gasteiger partial charge in [-0.1, -0.05) is 0 Å². The van der Waals surface area contributed by atoms with Gasteiger partial charge in [0, 0.05) is 19.4 Å². The summed E-state index contributed by atoms with van der Waals surface area (Å²) in [5.74, 6) is 0.489. The molecular weight excluding hydrogens is 208 g/mol. The molecule has 3 rings (SSSR count). The number of rotatable bonds is 2. The van der Waals surface area contributed by atoms with Gasteiger partial charge in [0.05, 0.1) is 12.2 Å². The molecular formula is C12H20O4. The van der Waals surface area contributed by atoms with Gasteiger partial charge >= 0.3 is 0 Å². The Morgan fingerprint density at radius 2 is 2.06 bits per heavy atom. The maximum absolute atomic E-state index is 9.35. The zero-order valence-corrected chi connectivity index (χ0v) is 9.51. The molecule has 92 valence electrons. The van der Waals surface area contributed by atoms with E-state index in [9.17, 15) is 5.11 Å². The van der Waals surface area contributed by atoms with Crippen molar-refractivity contribution in [3.8, 4) is 0 Å². The van der Waals surface area contributed by atoms with Crippen molar-refractivity contribution >= 4 is 0 Å². The predicted molar refractivity (Wildman–Crippen MR) is 56.7 cm³/mol. The minimum atomic E-state index is -0.540. The van der Waals surface area contributed by atoms with Crippen molar-refractivity contribution < 1.29 is 19.3 Å². The summed E-state index contributed by atoms with van der Waals surface area (Å²) in [5.41, 5.74) is 0. The van der Waals surface area contributed by atoms with Crippen LogP contribution in [0, 0.1) is 5.92 Å². The van der Waals surface area contributed by atoms with Crippen molar-refractivity contribution in [1.29, 1.82) is 0 Å². The van der Waals surface area contributed by atoms with Crippen molar-refractivity contribution in [2.75, 3.05) is 6.61 Å². The van der Waals surface area contributed by atoms with Crippen molar-refractivity contribution in [3.05, 3.63) is 0 Å². The Bertz CT molecular complexity index is 225. The molecule has 2 heterocycles. The molecule has 2 aliphatic heterocycles. The Morgan fingerprint density at radius 1 is 1.12 bits per heavy atom. The maximum Gasteiger partial charge on any atom is 0.157 e. The molecule has 0 aromatic rings. The summed E-state index contributed by atoms with van der Waals surface area (Å²) in [6.07, 6.45) is 6.04. The lowest BCUT2D eigenvalue weighted by Crippen LogP contribution is -2.27. The molecule has 0 aromatic heterocycles. The van der Waals surface area contributed by atoms with Gasteiger partial charge in [-0.2, -0.15) is 0 Å². The van der Waals surface area contributed by atoms with Gasteiger partial charge in [-0.3, -0.25) is 0 Å². The molecule has 0 aromatic carbocycles. The molecule has 1 aliphatic carbocycles. The van der Waals surface area contributed by atoms with Crippen LogP contribution in [-0.4, -0.2) is 36.5 Å². The first kappa shape index (κ1) is 11.0. The molecule has 3 fully saturated rings. The molecule has 0 bridgehead atoms. The van der Waals surface area contributed by atoms with Crippen LogP contribution in [0.4, 0.5) is 0 Å². The fourth-order valence-corrected chi connectivity index (χ4v) is 3.11. The van der Waals surface area contributed by atoms with Crippen LogP contribution in [0.5, 0.6) is 0 Å². The van der Waals surface area contributed by atoms with E-state index < -0.39 is 6.29 Å². The van der Waals surface area contributed by atoms with Crippen molar-refractivity contribution in [2.24, 2.45) is 5.92 Å². The van der Waals surface area contributed by atoms with Crippen LogP contribution >= 0.6 is 0 Å². The Morgan fingerprint density at radius 3 is 2.81 bits per heavy atom. The molecule has 0 amide bonds. The van der Waals surface area contributed by atoms with Crippen LogP contribution in [-0.2, 0) is 14.2 Å². The van der Waals surface area contributed by atoms with E-state index in [0.29, 0.717) is 5.92 Å². The summed E-state index contributed by atoms with van der Waals surface area (Å²) in [7, 11) is 0. The van der Waals surface area contributed by atoms with E-state index in [1.165, 1.54) is 6.42 Å². The predicted octanol–water partition coefficient (Wildman–Crippen LogP) is 1.42.